The van der Waals surface area contributed by atoms with Crippen LogP contribution in [0.5, 0.6) is 5.75 Å². The van der Waals surface area contributed by atoms with Crippen molar-refractivity contribution in [1.29, 1.82) is 0 Å². The van der Waals surface area contributed by atoms with Crippen LogP contribution >= 0.6 is 0 Å². The second-order valence-electron chi connectivity index (χ2n) is 4.20. The molecule has 1 N–H and O–H groups in total. The first kappa shape index (κ1) is 12.1. The molecule has 0 fully saturated rings. The Morgan fingerprint density at radius 3 is 2.47 bits per heavy atom. The standard InChI is InChI=1S/C13H20O2/c1-10(2)7-8-11-5-4-6-12(9-14)13(11)15-3/h4-6,10,14H,7-9H2,1-3H3. The number of methoxy groups -OCH3 is 1. The van der Waals surface area contributed by atoms with Crippen LogP contribution in [0, 0.1) is 5.92 Å². The third kappa shape index (κ3) is 3.24. The predicted molar refractivity (Wildman–Crippen MR) is 62.1 cm³/mol. The molecule has 1 rings (SSSR count). The van der Waals surface area contributed by atoms with Crippen molar-refractivity contribution in [3.05, 3.63) is 29.3 Å². The Balaban J connectivity index is 2.86. The summed E-state index contributed by atoms with van der Waals surface area (Å²) in [5.41, 5.74) is 2.07. The number of hydrogen-bond acceptors (Lipinski definition) is 2. The molecular weight excluding hydrogens is 188 g/mol. The van der Waals surface area contributed by atoms with E-state index in [-0.39, 0.29) is 6.61 Å². The van der Waals surface area contributed by atoms with Crippen molar-refractivity contribution in [3.8, 4) is 5.75 Å². The molecule has 1 aromatic carbocycles. The molecule has 0 unspecified atom stereocenters. The molecule has 2 nitrogen and oxygen atoms in total. The van der Waals surface area contributed by atoms with E-state index in [1.165, 1.54) is 5.56 Å². The summed E-state index contributed by atoms with van der Waals surface area (Å²) < 4.78 is 5.34. The van der Waals surface area contributed by atoms with Crippen molar-refractivity contribution in [1.82, 2.24) is 0 Å². The van der Waals surface area contributed by atoms with Gasteiger partial charge in [0.05, 0.1) is 13.7 Å². The van der Waals surface area contributed by atoms with Crippen LogP contribution in [0.1, 0.15) is 31.4 Å². The van der Waals surface area contributed by atoms with Gasteiger partial charge >= 0.3 is 0 Å². The number of aryl methyl sites for hydroxylation is 1. The quantitative estimate of drug-likeness (QED) is 0.806. The van der Waals surface area contributed by atoms with E-state index in [1.807, 2.05) is 12.1 Å². The molecule has 0 aliphatic rings. The Kier molecular flexibility index (Phi) is 4.63. The summed E-state index contributed by atoms with van der Waals surface area (Å²) in [6.45, 7) is 4.46. The molecule has 0 aliphatic carbocycles. The summed E-state index contributed by atoms with van der Waals surface area (Å²) in [5, 5.41) is 9.17. The van der Waals surface area contributed by atoms with Crippen LogP contribution < -0.4 is 4.74 Å². The van der Waals surface area contributed by atoms with Gasteiger partial charge in [-0.3, -0.25) is 0 Å². The Labute approximate surface area is 91.9 Å². The maximum atomic E-state index is 9.17. The summed E-state index contributed by atoms with van der Waals surface area (Å²) in [5.74, 6) is 1.54. The van der Waals surface area contributed by atoms with Gasteiger partial charge in [0.25, 0.3) is 0 Å². The predicted octanol–water partition coefficient (Wildman–Crippen LogP) is 2.78. The second kappa shape index (κ2) is 5.76. The lowest BCUT2D eigenvalue weighted by Gasteiger charge is -2.13. The topological polar surface area (TPSA) is 29.5 Å². The van der Waals surface area contributed by atoms with E-state index in [4.69, 9.17) is 4.74 Å². The van der Waals surface area contributed by atoms with Crippen molar-refractivity contribution >= 4 is 0 Å². The molecule has 0 aliphatic heterocycles. The number of ether oxygens (including phenoxy) is 1. The fourth-order valence-electron chi connectivity index (χ4n) is 1.67. The molecule has 0 aromatic heterocycles. The van der Waals surface area contributed by atoms with Gasteiger partial charge in [-0.1, -0.05) is 32.0 Å². The van der Waals surface area contributed by atoms with Gasteiger partial charge < -0.3 is 9.84 Å². The minimum Gasteiger partial charge on any atom is -0.496 e. The molecule has 0 bridgehead atoms. The lowest BCUT2D eigenvalue weighted by molar-refractivity contribution is 0.273. The highest BCUT2D eigenvalue weighted by atomic mass is 16.5. The molecule has 2 heteroatoms. The Bertz CT molecular complexity index is 305. The third-order valence-electron chi connectivity index (χ3n) is 2.54. The smallest absolute Gasteiger partial charge is 0.127 e. The monoisotopic (exact) mass is 208 g/mol. The molecule has 0 saturated carbocycles. The van der Waals surface area contributed by atoms with Gasteiger partial charge in [-0.2, -0.15) is 0 Å². The zero-order valence-corrected chi connectivity index (χ0v) is 9.79. The zero-order chi connectivity index (χ0) is 11.3. The van der Waals surface area contributed by atoms with Crippen molar-refractivity contribution in [2.45, 2.75) is 33.3 Å². The summed E-state index contributed by atoms with van der Waals surface area (Å²) in [4.78, 5) is 0. The molecule has 0 atom stereocenters. The van der Waals surface area contributed by atoms with E-state index in [2.05, 4.69) is 19.9 Å². The lowest BCUT2D eigenvalue weighted by Crippen LogP contribution is -1.99. The zero-order valence-electron chi connectivity index (χ0n) is 9.79. The number of para-hydroxylation sites is 1. The van der Waals surface area contributed by atoms with Gasteiger partial charge in [-0.25, -0.2) is 0 Å². The van der Waals surface area contributed by atoms with Gasteiger partial charge in [0, 0.05) is 5.56 Å². The van der Waals surface area contributed by atoms with E-state index in [0.29, 0.717) is 5.92 Å². The van der Waals surface area contributed by atoms with Crippen LogP contribution in [0.4, 0.5) is 0 Å². The summed E-state index contributed by atoms with van der Waals surface area (Å²) in [6.07, 6.45) is 2.15. The van der Waals surface area contributed by atoms with Crippen molar-refractivity contribution in [3.63, 3.8) is 0 Å². The number of aliphatic hydroxyl groups is 1. The van der Waals surface area contributed by atoms with E-state index in [1.54, 1.807) is 7.11 Å². The van der Waals surface area contributed by atoms with Crippen LogP contribution in [0.2, 0.25) is 0 Å². The molecule has 0 saturated heterocycles. The number of aliphatic hydroxyl groups excluding tert-OH is 1. The summed E-state index contributed by atoms with van der Waals surface area (Å²) in [6, 6.07) is 5.95. The van der Waals surface area contributed by atoms with Crippen LogP contribution in [-0.2, 0) is 13.0 Å². The summed E-state index contributed by atoms with van der Waals surface area (Å²) in [7, 11) is 1.66. The Hall–Kier alpha value is -1.02. The van der Waals surface area contributed by atoms with Crippen molar-refractivity contribution < 1.29 is 9.84 Å². The van der Waals surface area contributed by atoms with Crippen LogP contribution in [0.3, 0.4) is 0 Å². The Morgan fingerprint density at radius 1 is 1.27 bits per heavy atom. The molecular formula is C13H20O2. The first-order valence-corrected chi connectivity index (χ1v) is 5.44. The first-order chi connectivity index (χ1) is 7.19. The molecule has 15 heavy (non-hydrogen) atoms. The number of benzene rings is 1. The van der Waals surface area contributed by atoms with Crippen molar-refractivity contribution in [2.75, 3.05) is 7.11 Å². The fourth-order valence-corrected chi connectivity index (χ4v) is 1.67. The van der Waals surface area contributed by atoms with Crippen LogP contribution in [-0.4, -0.2) is 12.2 Å². The highest BCUT2D eigenvalue weighted by Gasteiger charge is 2.08. The minimum absolute atomic E-state index is 0.0404. The minimum atomic E-state index is 0.0404. The maximum Gasteiger partial charge on any atom is 0.127 e. The molecule has 84 valence electrons. The lowest BCUT2D eigenvalue weighted by atomic mass is 10.00. The maximum absolute atomic E-state index is 9.17. The highest BCUT2D eigenvalue weighted by molar-refractivity contribution is 5.41. The number of rotatable bonds is 5. The normalized spacial score (nSPS) is 10.7. The van der Waals surface area contributed by atoms with Crippen molar-refractivity contribution in [2.24, 2.45) is 5.92 Å². The molecule has 0 heterocycles. The number of hydrogen-bond donors (Lipinski definition) is 1. The third-order valence-corrected chi connectivity index (χ3v) is 2.54. The molecule has 0 radical (unpaired) electrons. The van der Waals surface area contributed by atoms with E-state index in [0.717, 1.165) is 24.2 Å². The summed E-state index contributed by atoms with van der Waals surface area (Å²) >= 11 is 0. The van der Waals surface area contributed by atoms with Gasteiger partial charge in [0.1, 0.15) is 5.75 Å². The van der Waals surface area contributed by atoms with Gasteiger partial charge in [-0.05, 0) is 24.3 Å². The van der Waals surface area contributed by atoms with Crippen LogP contribution in [0.15, 0.2) is 18.2 Å². The SMILES string of the molecule is COc1c(CO)cccc1CCC(C)C. The van der Waals surface area contributed by atoms with Gasteiger partial charge in [0.2, 0.25) is 0 Å². The molecule has 0 amide bonds. The highest BCUT2D eigenvalue weighted by Crippen LogP contribution is 2.25. The first-order valence-electron chi connectivity index (χ1n) is 5.44. The van der Waals surface area contributed by atoms with Gasteiger partial charge in [0.15, 0.2) is 0 Å². The fraction of sp³-hybridized carbons (Fsp3) is 0.538. The second-order valence-corrected chi connectivity index (χ2v) is 4.20. The average molecular weight is 208 g/mol. The van der Waals surface area contributed by atoms with Crippen LogP contribution in [0.25, 0.3) is 0 Å². The largest absolute Gasteiger partial charge is 0.496 e. The molecule has 1 aromatic rings. The van der Waals surface area contributed by atoms with Gasteiger partial charge in [-0.15, -0.1) is 0 Å². The van der Waals surface area contributed by atoms with E-state index in [9.17, 15) is 5.11 Å². The molecule has 0 spiro atoms. The Morgan fingerprint density at radius 2 is 1.93 bits per heavy atom. The van der Waals surface area contributed by atoms with E-state index >= 15 is 0 Å². The average Bonchev–Trinajstić information content (AvgIpc) is 2.25. The van der Waals surface area contributed by atoms with E-state index < -0.39 is 0 Å².